The van der Waals surface area contributed by atoms with Gasteiger partial charge in [0.05, 0.1) is 24.1 Å². The van der Waals surface area contributed by atoms with Crippen molar-refractivity contribution < 1.29 is 61.4 Å². The molecule has 7 amide bonds. The van der Waals surface area contributed by atoms with E-state index in [0.29, 0.717) is 27.1 Å². The highest BCUT2D eigenvalue weighted by Gasteiger charge is 2.51. The summed E-state index contributed by atoms with van der Waals surface area (Å²) in [6.45, 7) is 5.26. The zero-order valence-corrected chi connectivity index (χ0v) is 44.1. The molecule has 392 valence electrons. The molecule has 3 aliphatic rings. The number of hydrogen-bond acceptors (Lipinski definition) is 10. The van der Waals surface area contributed by atoms with Crippen molar-refractivity contribution in [3.8, 4) is 11.8 Å². The Kier molecular flexibility index (Phi) is 16.2. The smallest absolute Gasteiger partial charge is 0.372 e. The van der Waals surface area contributed by atoms with Gasteiger partial charge in [-0.2, -0.15) is 8.78 Å². The minimum atomic E-state index is -5.87. The number of alkyl halides is 2. The highest BCUT2D eigenvalue weighted by Crippen LogP contribution is 2.59. The lowest BCUT2D eigenvalue weighted by Gasteiger charge is -2.36. The number of fused-ring (bicyclic) bond motifs is 2. The summed E-state index contributed by atoms with van der Waals surface area (Å²) in [5.74, 6) is 2.41. The fourth-order valence-electron chi connectivity index (χ4n) is 9.17. The van der Waals surface area contributed by atoms with E-state index in [-0.39, 0.29) is 80.5 Å². The molecule has 1 aromatic heterocycles. The number of hydrogen-bond donors (Lipinski definition) is 5. The van der Waals surface area contributed by atoms with Gasteiger partial charge in [0.2, 0.25) is 29.5 Å². The first kappa shape index (κ1) is 54.6. The topological polar surface area (TPSA) is 232 Å². The largest absolute Gasteiger partial charge is 0.399 e. The summed E-state index contributed by atoms with van der Waals surface area (Å²) in [6.07, 6.45) is -0.422. The number of halogens is 3. The Morgan fingerprint density at radius 1 is 0.987 bits per heavy atom. The van der Waals surface area contributed by atoms with Gasteiger partial charge in [-0.3, -0.25) is 43.4 Å². The van der Waals surface area contributed by atoms with Crippen LogP contribution in [0, 0.1) is 17.3 Å². The second kappa shape index (κ2) is 22.3. The molecule has 8 rings (SSSR count). The SMILES string of the molecule is CC(C)(C)C(NC(=O)c1cc2cc(C(F)(F)P(=O)(O)O)ccc2s1)C(=O)N1C[C@H](OCc2ccccc2)C[C@H]1C(=O)N(CCC(=O)NCC#Cc1cccc2c1CN(C1CCC(=O)NC1=O)C2=O)c1ccc(Br)cc1. The van der Waals surface area contributed by atoms with Gasteiger partial charge in [0.1, 0.15) is 18.1 Å². The van der Waals surface area contributed by atoms with E-state index in [0.717, 1.165) is 33.5 Å². The summed E-state index contributed by atoms with van der Waals surface area (Å²) in [6, 6.07) is 22.4. The first-order valence-corrected chi connectivity index (χ1v) is 27.1. The number of imide groups is 1. The molecule has 2 fully saturated rings. The predicted molar refractivity (Wildman–Crippen MR) is 277 cm³/mol. The number of piperidine rings is 1. The summed E-state index contributed by atoms with van der Waals surface area (Å²) in [4.78, 5) is 118. The molecule has 22 heteroatoms. The Morgan fingerprint density at radius 2 is 1.72 bits per heavy atom. The van der Waals surface area contributed by atoms with Crippen molar-refractivity contribution in [1.29, 1.82) is 0 Å². The van der Waals surface area contributed by atoms with Crippen LogP contribution in [0.3, 0.4) is 0 Å². The normalized spacial score (nSPS) is 18.2. The number of nitrogens with one attached hydrogen (secondary N) is 3. The van der Waals surface area contributed by atoms with Crippen LogP contribution >= 0.6 is 34.9 Å². The Labute approximate surface area is 442 Å². The number of amides is 7. The van der Waals surface area contributed by atoms with Crippen molar-refractivity contribution >= 4 is 92.0 Å². The summed E-state index contributed by atoms with van der Waals surface area (Å²) in [7, 11) is -5.87. The van der Waals surface area contributed by atoms with Gasteiger partial charge in [0, 0.05) is 70.4 Å². The molecule has 0 aliphatic carbocycles. The molecule has 2 saturated heterocycles. The molecule has 4 atom stereocenters. The number of carbonyl (C=O) groups excluding carboxylic acids is 7. The van der Waals surface area contributed by atoms with Crippen molar-refractivity contribution in [3.05, 3.63) is 134 Å². The molecule has 3 aliphatic heterocycles. The number of ether oxygens (including phenoxy) is 1. The van der Waals surface area contributed by atoms with Gasteiger partial charge in [0.25, 0.3) is 11.8 Å². The molecule has 5 aromatic rings. The maximum absolute atomic E-state index is 15.1. The molecule has 0 spiro atoms. The molecular formula is C53H52BrF2N6O11PS. The number of rotatable bonds is 15. The lowest BCUT2D eigenvalue weighted by Crippen LogP contribution is -2.58. The Hall–Kier alpha value is -6.66. The van der Waals surface area contributed by atoms with Crippen LogP contribution in [-0.4, -0.2) is 105 Å². The number of anilines is 1. The van der Waals surface area contributed by atoms with Crippen molar-refractivity contribution in [1.82, 2.24) is 25.8 Å². The van der Waals surface area contributed by atoms with Gasteiger partial charge >= 0.3 is 13.3 Å². The van der Waals surface area contributed by atoms with E-state index in [1.807, 2.05) is 30.3 Å². The molecular weight excluding hydrogens is 1080 g/mol. The summed E-state index contributed by atoms with van der Waals surface area (Å²) in [5.41, 5.74) is -3.50. The minimum Gasteiger partial charge on any atom is -0.372 e. The molecule has 75 heavy (non-hydrogen) atoms. The molecule has 0 saturated carbocycles. The van der Waals surface area contributed by atoms with E-state index in [9.17, 15) is 47.1 Å². The molecule has 0 bridgehead atoms. The van der Waals surface area contributed by atoms with Crippen LogP contribution in [0.15, 0.2) is 102 Å². The fraction of sp³-hybridized carbons (Fsp3) is 0.340. The standard InChI is InChI=1S/C53H52BrF2N6O11PS/c1-52(2,3)46(59-48(66)43-26-33-25-34(14-20-42(33)75-43)53(55,56)74(70,71)72)51(69)61-28-37(73-30-31-9-5-4-6-10-31)27-41(61)50(68)60(36-17-15-35(54)16-18-36)24-22-44(63)57-23-8-12-32-11-7-13-38-39(32)29-62(49(38)67)40-19-21-45(64)58-47(40)65/h4-7,9-11,13-18,20,25-26,37,40-41,46H,19,21-24,27-30H2,1-3H3,(H,57,63)(H,59,66)(H,58,64,65)(H2,70,71,72)/t37-,40?,41+,46?/m1/s1. The van der Waals surface area contributed by atoms with Crippen LogP contribution in [0.5, 0.6) is 0 Å². The number of likely N-dealkylation sites (tertiary alicyclic amines) is 1. The Balaban J connectivity index is 0.993. The van der Waals surface area contributed by atoms with Crippen LogP contribution < -0.4 is 20.9 Å². The average molecular weight is 1130 g/mol. The zero-order valence-electron chi connectivity index (χ0n) is 40.8. The summed E-state index contributed by atoms with van der Waals surface area (Å²) >= 11 is 4.37. The molecule has 5 N–H and O–H groups in total. The van der Waals surface area contributed by atoms with E-state index in [1.54, 1.807) is 63.2 Å². The second-order valence-corrected chi connectivity index (χ2v) is 23.1. The lowest BCUT2D eigenvalue weighted by molar-refractivity contribution is -0.141. The van der Waals surface area contributed by atoms with E-state index >= 15 is 9.59 Å². The summed E-state index contributed by atoms with van der Waals surface area (Å²) < 4.78 is 48.3. The molecule has 0 radical (unpaired) electrons. The van der Waals surface area contributed by atoms with E-state index in [4.69, 9.17) is 4.74 Å². The molecule has 4 aromatic carbocycles. The molecule has 2 unspecified atom stereocenters. The van der Waals surface area contributed by atoms with Crippen molar-refractivity contribution in [2.45, 2.75) is 89.5 Å². The zero-order chi connectivity index (χ0) is 54.0. The van der Waals surface area contributed by atoms with Crippen molar-refractivity contribution in [3.63, 3.8) is 0 Å². The minimum absolute atomic E-state index is 0.0333. The van der Waals surface area contributed by atoms with Gasteiger partial charge in [-0.25, -0.2) is 0 Å². The maximum Gasteiger partial charge on any atom is 0.399 e. The number of benzene rings is 4. The van der Waals surface area contributed by atoms with Crippen LogP contribution in [0.2, 0.25) is 0 Å². The Morgan fingerprint density at radius 3 is 2.41 bits per heavy atom. The van der Waals surface area contributed by atoms with E-state index < -0.39 is 78.0 Å². The third kappa shape index (κ3) is 12.2. The van der Waals surface area contributed by atoms with Gasteiger partial charge in [0.15, 0.2) is 0 Å². The predicted octanol–water partition coefficient (Wildman–Crippen LogP) is 6.57. The van der Waals surface area contributed by atoms with Gasteiger partial charge < -0.3 is 39.9 Å². The van der Waals surface area contributed by atoms with Gasteiger partial charge in [-0.05, 0) is 82.9 Å². The van der Waals surface area contributed by atoms with E-state index in [1.165, 1.54) is 26.8 Å². The monoisotopic (exact) mass is 1130 g/mol. The van der Waals surface area contributed by atoms with Gasteiger partial charge in [-0.15, -0.1) is 11.3 Å². The van der Waals surface area contributed by atoms with Crippen molar-refractivity contribution in [2.24, 2.45) is 5.41 Å². The highest BCUT2D eigenvalue weighted by molar-refractivity contribution is 9.10. The fourth-order valence-corrected chi connectivity index (χ4v) is 10.9. The number of nitrogens with zero attached hydrogens (tertiary/aromatic N) is 3. The average Bonchev–Trinajstić information content (AvgIpc) is 4.09. The van der Waals surface area contributed by atoms with Crippen LogP contribution in [0.4, 0.5) is 14.5 Å². The van der Waals surface area contributed by atoms with Gasteiger partial charge in [-0.1, -0.05) is 91.0 Å². The maximum atomic E-state index is 15.1. The highest BCUT2D eigenvalue weighted by atomic mass is 79.9. The lowest BCUT2D eigenvalue weighted by atomic mass is 9.85. The number of thiophene rings is 1. The quantitative estimate of drug-likeness (QED) is 0.0427. The second-order valence-electron chi connectivity index (χ2n) is 19.4. The van der Waals surface area contributed by atoms with E-state index in [2.05, 4.69) is 43.7 Å². The molecule has 4 heterocycles. The number of carbonyl (C=O) groups is 7. The first-order valence-electron chi connectivity index (χ1n) is 23.8. The Bertz CT molecular complexity index is 3190. The molecule has 17 nitrogen and oxygen atoms in total. The van der Waals surface area contributed by atoms with Crippen LogP contribution in [0.25, 0.3) is 10.1 Å². The third-order valence-electron chi connectivity index (χ3n) is 13.1. The van der Waals surface area contributed by atoms with Crippen molar-refractivity contribution in [2.75, 3.05) is 24.5 Å². The van der Waals surface area contributed by atoms with Crippen LogP contribution in [-0.2, 0) is 52.1 Å². The van der Waals surface area contributed by atoms with Crippen LogP contribution in [0.1, 0.15) is 88.7 Å². The first-order chi connectivity index (χ1) is 35.5. The summed E-state index contributed by atoms with van der Waals surface area (Å²) in [5, 5.41) is 8.01. The third-order valence-corrected chi connectivity index (χ3v) is 15.8.